The number of halogens is 3. The van der Waals surface area contributed by atoms with Gasteiger partial charge in [0.2, 0.25) is 0 Å². The average Bonchev–Trinajstić information content (AvgIpc) is 2.83. The molecule has 0 radical (unpaired) electrons. The molecule has 100 valence electrons. The lowest BCUT2D eigenvalue weighted by molar-refractivity contribution is -0.138. The Morgan fingerprint density at radius 3 is 2.61 bits per heavy atom. The van der Waals surface area contributed by atoms with Crippen molar-refractivity contribution in [3.05, 3.63) is 35.4 Å². The Morgan fingerprint density at radius 1 is 1.33 bits per heavy atom. The molecule has 1 aliphatic heterocycles. The molecular formula is C13H16F3NS. The lowest BCUT2D eigenvalue weighted by Gasteiger charge is -2.25. The van der Waals surface area contributed by atoms with Crippen LogP contribution < -0.4 is 5.73 Å². The SMILES string of the molecule is NCC(c1ccccc1C(F)(F)F)C1CCSC1. The first-order valence-corrected chi connectivity index (χ1v) is 7.13. The Kier molecular flexibility index (Phi) is 4.22. The second-order valence-electron chi connectivity index (χ2n) is 4.55. The number of alkyl halides is 3. The number of rotatable bonds is 3. The zero-order valence-electron chi connectivity index (χ0n) is 9.91. The first-order valence-electron chi connectivity index (χ1n) is 5.98. The third kappa shape index (κ3) is 2.83. The molecule has 1 aromatic rings. The monoisotopic (exact) mass is 275 g/mol. The zero-order chi connectivity index (χ0) is 13.2. The van der Waals surface area contributed by atoms with E-state index in [1.807, 2.05) is 0 Å². The molecule has 1 aromatic carbocycles. The summed E-state index contributed by atoms with van der Waals surface area (Å²) in [4.78, 5) is 0. The normalized spacial score (nSPS) is 22.1. The second-order valence-corrected chi connectivity index (χ2v) is 5.70. The predicted molar refractivity (Wildman–Crippen MR) is 68.7 cm³/mol. The molecule has 1 saturated heterocycles. The van der Waals surface area contributed by atoms with Gasteiger partial charge in [-0.1, -0.05) is 18.2 Å². The van der Waals surface area contributed by atoms with Crippen molar-refractivity contribution < 1.29 is 13.2 Å². The summed E-state index contributed by atoms with van der Waals surface area (Å²) in [5.41, 5.74) is 5.55. The molecule has 1 nitrogen and oxygen atoms in total. The van der Waals surface area contributed by atoms with Crippen LogP contribution in [0.25, 0.3) is 0 Å². The van der Waals surface area contributed by atoms with Crippen molar-refractivity contribution in [3.8, 4) is 0 Å². The van der Waals surface area contributed by atoms with Gasteiger partial charge < -0.3 is 5.73 Å². The summed E-state index contributed by atoms with van der Waals surface area (Å²) >= 11 is 1.80. The number of hydrogen-bond acceptors (Lipinski definition) is 2. The third-order valence-electron chi connectivity index (χ3n) is 3.45. The van der Waals surface area contributed by atoms with Crippen LogP contribution in [0.2, 0.25) is 0 Å². The topological polar surface area (TPSA) is 26.0 Å². The van der Waals surface area contributed by atoms with Crippen molar-refractivity contribution in [1.29, 1.82) is 0 Å². The summed E-state index contributed by atoms with van der Waals surface area (Å²) in [5, 5.41) is 0. The van der Waals surface area contributed by atoms with E-state index in [9.17, 15) is 13.2 Å². The summed E-state index contributed by atoms with van der Waals surface area (Å²) in [7, 11) is 0. The van der Waals surface area contributed by atoms with Crippen molar-refractivity contribution >= 4 is 11.8 Å². The molecule has 1 aliphatic rings. The van der Waals surface area contributed by atoms with E-state index in [0.29, 0.717) is 5.56 Å². The highest BCUT2D eigenvalue weighted by molar-refractivity contribution is 7.99. The molecule has 2 atom stereocenters. The minimum Gasteiger partial charge on any atom is -0.330 e. The van der Waals surface area contributed by atoms with Crippen LogP contribution in [-0.4, -0.2) is 18.1 Å². The smallest absolute Gasteiger partial charge is 0.330 e. The maximum atomic E-state index is 13.0. The highest BCUT2D eigenvalue weighted by Gasteiger charge is 2.37. The van der Waals surface area contributed by atoms with E-state index in [0.717, 1.165) is 24.0 Å². The molecule has 0 aromatic heterocycles. The second kappa shape index (κ2) is 5.53. The van der Waals surface area contributed by atoms with Gasteiger partial charge in [-0.25, -0.2) is 0 Å². The Morgan fingerprint density at radius 2 is 2.06 bits per heavy atom. The van der Waals surface area contributed by atoms with Gasteiger partial charge in [-0.2, -0.15) is 24.9 Å². The molecule has 2 N–H and O–H groups in total. The fraction of sp³-hybridized carbons (Fsp3) is 0.538. The molecule has 0 bridgehead atoms. The summed E-state index contributed by atoms with van der Waals surface area (Å²) < 4.78 is 39.0. The van der Waals surface area contributed by atoms with Crippen molar-refractivity contribution in [2.24, 2.45) is 11.7 Å². The molecule has 5 heteroatoms. The molecule has 0 spiro atoms. The summed E-state index contributed by atoms with van der Waals surface area (Å²) in [6.45, 7) is 0.276. The number of benzene rings is 1. The maximum Gasteiger partial charge on any atom is 0.416 e. The van der Waals surface area contributed by atoms with Gasteiger partial charge in [0.15, 0.2) is 0 Å². The quantitative estimate of drug-likeness (QED) is 0.913. The van der Waals surface area contributed by atoms with Crippen molar-refractivity contribution in [2.75, 3.05) is 18.1 Å². The first-order chi connectivity index (χ1) is 8.54. The summed E-state index contributed by atoms with van der Waals surface area (Å²) in [5.74, 6) is 2.02. The number of nitrogens with two attached hydrogens (primary N) is 1. The maximum absolute atomic E-state index is 13.0. The minimum atomic E-state index is -4.30. The Hall–Kier alpha value is -0.680. The Labute approximate surface area is 109 Å². The van der Waals surface area contributed by atoms with Gasteiger partial charge in [-0.3, -0.25) is 0 Å². The predicted octanol–water partition coefficient (Wildman–Crippen LogP) is 3.50. The third-order valence-corrected chi connectivity index (χ3v) is 4.64. The van der Waals surface area contributed by atoms with Crippen molar-refractivity contribution in [1.82, 2.24) is 0 Å². The van der Waals surface area contributed by atoms with Gasteiger partial charge in [0.05, 0.1) is 5.56 Å². The molecular weight excluding hydrogens is 259 g/mol. The van der Waals surface area contributed by atoms with Crippen molar-refractivity contribution in [3.63, 3.8) is 0 Å². The van der Waals surface area contributed by atoms with Gasteiger partial charge in [0.1, 0.15) is 0 Å². The van der Waals surface area contributed by atoms with E-state index < -0.39 is 11.7 Å². The van der Waals surface area contributed by atoms with Gasteiger partial charge >= 0.3 is 6.18 Å². The van der Waals surface area contributed by atoms with E-state index in [1.54, 1.807) is 23.9 Å². The molecule has 18 heavy (non-hydrogen) atoms. The number of hydrogen-bond donors (Lipinski definition) is 1. The van der Waals surface area contributed by atoms with Crippen LogP contribution in [0, 0.1) is 5.92 Å². The minimum absolute atomic E-state index is 0.183. The lowest BCUT2D eigenvalue weighted by atomic mass is 9.83. The van der Waals surface area contributed by atoms with E-state index in [1.165, 1.54) is 6.07 Å². The fourth-order valence-electron chi connectivity index (χ4n) is 2.52. The zero-order valence-corrected chi connectivity index (χ0v) is 10.7. The van der Waals surface area contributed by atoms with Crippen LogP contribution in [0.1, 0.15) is 23.5 Å². The van der Waals surface area contributed by atoms with E-state index in [4.69, 9.17) is 5.73 Å². The standard InChI is InChI=1S/C13H16F3NS/c14-13(15,16)12-4-2-1-3-10(12)11(7-17)9-5-6-18-8-9/h1-4,9,11H,5-8,17H2. The van der Waals surface area contributed by atoms with Gasteiger partial charge in [-0.05, 0) is 42.0 Å². The molecule has 0 saturated carbocycles. The molecule has 2 unspecified atom stereocenters. The van der Waals surface area contributed by atoms with Crippen molar-refractivity contribution in [2.45, 2.75) is 18.5 Å². The molecule has 1 heterocycles. The van der Waals surface area contributed by atoms with E-state index >= 15 is 0 Å². The van der Waals surface area contributed by atoms with Gasteiger partial charge in [0.25, 0.3) is 0 Å². The van der Waals surface area contributed by atoms with Crippen LogP contribution in [0.5, 0.6) is 0 Å². The largest absolute Gasteiger partial charge is 0.416 e. The van der Waals surface area contributed by atoms with Crippen LogP contribution in [-0.2, 0) is 6.18 Å². The van der Waals surface area contributed by atoms with E-state index in [2.05, 4.69) is 0 Å². The molecule has 0 amide bonds. The van der Waals surface area contributed by atoms with Crippen LogP contribution in [0.4, 0.5) is 13.2 Å². The summed E-state index contributed by atoms with van der Waals surface area (Å²) in [6.07, 6.45) is -3.34. The van der Waals surface area contributed by atoms with Crippen LogP contribution in [0.15, 0.2) is 24.3 Å². The molecule has 2 rings (SSSR count). The molecule has 0 aliphatic carbocycles. The Balaban J connectivity index is 2.35. The molecule has 1 fully saturated rings. The summed E-state index contributed by atoms with van der Waals surface area (Å²) in [6, 6.07) is 5.82. The average molecular weight is 275 g/mol. The number of thioether (sulfide) groups is 1. The van der Waals surface area contributed by atoms with E-state index in [-0.39, 0.29) is 18.4 Å². The highest BCUT2D eigenvalue weighted by Crippen LogP contribution is 2.40. The lowest BCUT2D eigenvalue weighted by Crippen LogP contribution is -2.24. The highest BCUT2D eigenvalue weighted by atomic mass is 32.2. The fourth-order valence-corrected chi connectivity index (χ4v) is 3.86. The van der Waals surface area contributed by atoms with Gasteiger partial charge in [-0.15, -0.1) is 0 Å². The van der Waals surface area contributed by atoms with Gasteiger partial charge in [0, 0.05) is 5.92 Å². The Bertz CT molecular complexity index is 399. The van der Waals surface area contributed by atoms with Crippen LogP contribution in [0.3, 0.4) is 0 Å². The van der Waals surface area contributed by atoms with Crippen LogP contribution >= 0.6 is 11.8 Å². The first kappa shape index (κ1) is 13.7.